The third kappa shape index (κ3) is 4.95. The van der Waals surface area contributed by atoms with Crippen LogP contribution in [0.3, 0.4) is 0 Å². The van der Waals surface area contributed by atoms with Crippen molar-refractivity contribution in [2.24, 2.45) is 5.73 Å². The standard InChI is InChI=1S/C23H29N5O4/c1-16-9-10-18(19(15-16)28(31)32)25-21(29)20(17-7-5-4-6-8-17)26-11-13-27(14-12-26)23(2,3)22(24)30/h4-10,15,20H,11-14H2,1-3H3,(H2,24,30)(H,25,29)/t20-/m0/s1. The molecular formula is C23H29N5O4. The number of carbonyl (C=O) groups is 2. The number of primary amides is 1. The molecule has 2 aromatic rings. The summed E-state index contributed by atoms with van der Waals surface area (Å²) in [4.78, 5) is 40.2. The number of nitrogens with one attached hydrogen (secondary N) is 1. The Morgan fingerprint density at radius 1 is 1.09 bits per heavy atom. The minimum atomic E-state index is -0.779. The van der Waals surface area contributed by atoms with Crippen LogP contribution < -0.4 is 11.1 Å². The van der Waals surface area contributed by atoms with E-state index < -0.39 is 22.4 Å². The van der Waals surface area contributed by atoms with E-state index >= 15 is 0 Å². The van der Waals surface area contributed by atoms with E-state index in [9.17, 15) is 19.7 Å². The number of nitrogens with two attached hydrogens (primary N) is 1. The van der Waals surface area contributed by atoms with Crippen molar-refractivity contribution in [3.05, 3.63) is 69.8 Å². The van der Waals surface area contributed by atoms with Crippen molar-refractivity contribution >= 4 is 23.2 Å². The van der Waals surface area contributed by atoms with Crippen molar-refractivity contribution < 1.29 is 14.5 Å². The second-order valence-electron chi connectivity index (χ2n) is 8.53. The molecule has 170 valence electrons. The molecule has 9 heteroatoms. The molecule has 1 heterocycles. The summed E-state index contributed by atoms with van der Waals surface area (Å²) in [6.07, 6.45) is 0. The summed E-state index contributed by atoms with van der Waals surface area (Å²) in [7, 11) is 0. The predicted molar refractivity (Wildman–Crippen MR) is 122 cm³/mol. The van der Waals surface area contributed by atoms with Gasteiger partial charge in [0.15, 0.2) is 0 Å². The number of carbonyl (C=O) groups excluding carboxylic acids is 2. The molecule has 3 rings (SSSR count). The number of anilines is 1. The van der Waals surface area contributed by atoms with Crippen LogP contribution in [0.2, 0.25) is 0 Å². The van der Waals surface area contributed by atoms with Gasteiger partial charge in [0, 0.05) is 32.2 Å². The fraction of sp³-hybridized carbons (Fsp3) is 0.391. The zero-order chi connectivity index (χ0) is 23.5. The number of amides is 2. The highest BCUT2D eigenvalue weighted by molar-refractivity contribution is 5.97. The van der Waals surface area contributed by atoms with Gasteiger partial charge in [-0.25, -0.2) is 0 Å². The van der Waals surface area contributed by atoms with E-state index in [1.54, 1.807) is 32.9 Å². The van der Waals surface area contributed by atoms with Crippen LogP contribution in [0, 0.1) is 17.0 Å². The normalized spacial score (nSPS) is 16.3. The third-order valence-electron chi connectivity index (χ3n) is 6.04. The molecule has 0 saturated carbocycles. The highest BCUT2D eigenvalue weighted by Crippen LogP contribution is 2.30. The van der Waals surface area contributed by atoms with Crippen molar-refractivity contribution in [3.63, 3.8) is 0 Å². The summed E-state index contributed by atoms with van der Waals surface area (Å²) in [5.41, 5.74) is 6.34. The highest BCUT2D eigenvalue weighted by Gasteiger charge is 2.38. The lowest BCUT2D eigenvalue weighted by Crippen LogP contribution is -2.60. The van der Waals surface area contributed by atoms with Gasteiger partial charge in [0.05, 0.1) is 10.5 Å². The number of nitro benzene ring substituents is 1. The van der Waals surface area contributed by atoms with E-state index in [-0.39, 0.29) is 17.3 Å². The molecule has 1 atom stereocenters. The summed E-state index contributed by atoms with van der Waals surface area (Å²) in [6.45, 7) is 7.57. The molecule has 1 fully saturated rings. The lowest BCUT2D eigenvalue weighted by molar-refractivity contribution is -0.384. The van der Waals surface area contributed by atoms with Crippen molar-refractivity contribution in [2.75, 3.05) is 31.5 Å². The van der Waals surface area contributed by atoms with E-state index in [0.717, 1.165) is 11.1 Å². The molecule has 9 nitrogen and oxygen atoms in total. The molecule has 0 spiro atoms. The van der Waals surface area contributed by atoms with Gasteiger partial charge in [0.25, 0.3) is 5.69 Å². The average Bonchev–Trinajstić information content (AvgIpc) is 2.76. The highest BCUT2D eigenvalue weighted by atomic mass is 16.6. The number of nitrogens with zero attached hydrogens (tertiary/aromatic N) is 3. The van der Waals surface area contributed by atoms with Crippen LogP contribution in [0.4, 0.5) is 11.4 Å². The van der Waals surface area contributed by atoms with Gasteiger partial charge in [-0.15, -0.1) is 0 Å². The Morgan fingerprint density at radius 2 is 1.72 bits per heavy atom. The maximum absolute atomic E-state index is 13.4. The summed E-state index contributed by atoms with van der Waals surface area (Å²) in [5.74, 6) is -0.735. The topological polar surface area (TPSA) is 122 Å². The van der Waals surface area contributed by atoms with Crippen LogP contribution in [-0.4, -0.2) is 58.3 Å². The molecule has 0 aromatic heterocycles. The van der Waals surface area contributed by atoms with Gasteiger partial charge in [-0.1, -0.05) is 36.4 Å². The molecule has 0 bridgehead atoms. The van der Waals surface area contributed by atoms with E-state index in [2.05, 4.69) is 5.32 Å². The number of piperazine rings is 1. The van der Waals surface area contributed by atoms with Crippen molar-refractivity contribution in [2.45, 2.75) is 32.4 Å². The minimum absolute atomic E-state index is 0.141. The quantitative estimate of drug-likeness (QED) is 0.505. The first-order chi connectivity index (χ1) is 15.1. The third-order valence-corrected chi connectivity index (χ3v) is 6.04. The van der Waals surface area contributed by atoms with Crippen LogP contribution in [0.5, 0.6) is 0 Å². The number of hydrogen-bond donors (Lipinski definition) is 2. The maximum atomic E-state index is 13.4. The second kappa shape index (κ2) is 9.46. The molecule has 1 aliphatic heterocycles. The van der Waals surface area contributed by atoms with Crippen LogP contribution >= 0.6 is 0 Å². The molecule has 0 unspecified atom stereocenters. The largest absolute Gasteiger partial charge is 0.368 e. The molecule has 3 N–H and O–H groups in total. The Labute approximate surface area is 187 Å². The zero-order valence-corrected chi connectivity index (χ0v) is 18.6. The first-order valence-corrected chi connectivity index (χ1v) is 10.5. The SMILES string of the molecule is Cc1ccc(NC(=O)[C@H](c2ccccc2)N2CCN(C(C)(C)C(N)=O)CC2)c([N+](=O)[O-])c1. The molecule has 1 saturated heterocycles. The molecule has 1 aliphatic rings. The molecule has 0 radical (unpaired) electrons. The average molecular weight is 440 g/mol. The summed E-state index contributed by atoms with van der Waals surface area (Å²) < 4.78 is 0. The van der Waals surface area contributed by atoms with Crippen molar-refractivity contribution in [1.29, 1.82) is 0 Å². The Balaban J connectivity index is 1.85. The number of nitro groups is 1. The summed E-state index contributed by atoms with van der Waals surface area (Å²) >= 11 is 0. The molecule has 32 heavy (non-hydrogen) atoms. The van der Waals surface area contributed by atoms with E-state index in [1.807, 2.05) is 40.1 Å². The van der Waals surface area contributed by atoms with E-state index in [4.69, 9.17) is 5.73 Å². The zero-order valence-electron chi connectivity index (χ0n) is 18.6. The van der Waals surface area contributed by atoms with Crippen molar-refractivity contribution in [1.82, 2.24) is 9.80 Å². The van der Waals surface area contributed by atoms with Gasteiger partial charge in [-0.2, -0.15) is 0 Å². The van der Waals surface area contributed by atoms with Crippen molar-refractivity contribution in [3.8, 4) is 0 Å². The Morgan fingerprint density at radius 3 is 2.28 bits per heavy atom. The van der Waals surface area contributed by atoms with Gasteiger partial charge in [0.2, 0.25) is 11.8 Å². The number of hydrogen-bond acceptors (Lipinski definition) is 6. The van der Waals surface area contributed by atoms with E-state index in [0.29, 0.717) is 26.2 Å². The van der Waals surface area contributed by atoms with Gasteiger partial charge in [0.1, 0.15) is 11.7 Å². The smallest absolute Gasteiger partial charge is 0.293 e. The second-order valence-corrected chi connectivity index (χ2v) is 8.53. The Bertz CT molecular complexity index is 1000. The van der Waals surface area contributed by atoms with Crippen LogP contribution in [0.25, 0.3) is 0 Å². The lowest BCUT2D eigenvalue weighted by Gasteiger charge is -2.44. The van der Waals surface area contributed by atoms with Gasteiger partial charge >= 0.3 is 0 Å². The fourth-order valence-electron chi connectivity index (χ4n) is 3.96. The molecule has 2 aromatic carbocycles. The fourth-order valence-corrected chi connectivity index (χ4v) is 3.96. The summed E-state index contributed by atoms with van der Waals surface area (Å²) in [6, 6.07) is 13.4. The van der Waals surface area contributed by atoms with Crippen LogP contribution in [-0.2, 0) is 9.59 Å². The number of rotatable bonds is 7. The number of aryl methyl sites for hydroxylation is 1. The van der Waals surface area contributed by atoms with Gasteiger partial charge in [-0.05, 0) is 38.0 Å². The molecular weight excluding hydrogens is 410 g/mol. The Kier molecular flexibility index (Phi) is 6.90. The number of benzene rings is 2. The monoisotopic (exact) mass is 439 g/mol. The van der Waals surface area contributed by atoms with Gasteiger partial charge in [-0.3, -0.25) is 29.5 Å². The first kappa shape index (κ1) is 23.4. The van der Waals surface area contributed by atoms with Crippen LogP contribution in [0.1, 0.15) is 31.0 Å². The molecule has 2 amide bonds. The summed E-state index contributed by atoms with van der Waals surface area (Å²) in [5, 5.41) is 14.2. The van der Waals surface area contributed by atoms with Gasteiger partial charge < -0.3 is 11.1 Å². The van der Waals surface area contributed by atoms with E-state index in [1.165, 1.54) is 6.07 Å². The lowest BCUT2D eigenvalue weighted by atomic mass is 9.99. The minimum Gasteiger partial charge on any atom is -0.368 e. The Hall–Kier alpha value is -3.30. The molecule has 0 aliphatic carbocycles. The maximum Gasteiger partial charge on any atom is 0.293 e. The van der Waals surface area contributed by atoms with Crippen LogP contribution in [0.15, 0.2) is 48.5 Å². The predicted octanol–water partition coefficient (Wildman–Crippen LogP) is 2.46. The first-order valence-electron chi connectivity index (χ1n) is 10.5.